The molecule has 0 spiro atoms. The number of benzene rings is 1. The SMILES string of the molecule is Cc1cc(C)c(NC(=O)COc2cccc(NC(=O)C3CC3)c2)c(C)n1. The summed E-state index contributed by atoms with van der Waals surface area (Å²) in [6.07, 6.45) is 1.91. The first kappa shape index (κ1) is 17.9. The highest BCUT2D eigenvalue weighted by Gasteiger charge is 2.29. The molecule has 6 heteroatoms. The number of hydrogen-bond donors (Lipinski definition) is 2. The zero-order valence-corrected chi connectivity index (χ0v) is 15.3. The molecule has 1 aromatic heterocycles. The van der Waals surface area contributed by atoms with Crippen LogP contribution in [0.2, 0.25) is 0 Å². The number of nitrogens with zero attached hydrogens (tertiary/aromatic N) is 1. The summed E-state index contributed by atoms with van der Waals surface area (Å²) in [4.78, 5) is 28.4. The molecule has 136 valence electrons. The van der Waals surface area contributed by atoms with Crippen LogP contribution in [0.1, 0.15) is 29.8 Å². The smallest absolute Gasteiger partial charge is 0.262 e. The Hall–Kier alpha value is -2.89. The number of carbonyl (C=O) groups excluding carboxylic acids is 2. The monoisotopic (exact) mass is 353 g/mol. The fraction of sp³-hybridized carbons (Fsp3) is 0.350. The lowest BCUT2D eigenvalue weighted by Gasteiger charge is -2.13. The molecule has 2 N–H and O–H groups in total. The van der Waals surface area contributed by atoms with E-state index in [2.05, 4.69) is 15.6 Å². The van der Waals surface area contributed by atoms with Gasteiger partial charge in [-0.05, 0) is 57.4 Å². The van der Waals surface area contributed by atoms with E-state index in [1.807, 2.05) is 26.8 Å². The van der Waals surface area contributed by atoms with Crippen LogP contribution >= 0.6 is 0 Å². The molecular weight excluding hydrogens is 330 g/mol. The Morgan fingerprint density at radius 1 is 1.15 bits per heavy atom. The second kappa shape index (κ2) is 7.56. The largest absolute Gasteiger partial charge is 0.484 e. The Bertz CT molecular complexity index is 821. The lowest BCUT2D eigenvalue weighted by molar-refractivity contribution is -0.118. The zero-order chi connectivity index (χ0) is 18.7. The lowest BCUT2D eigenvalue weighted by atomic mass is 10.1. The molecule has 0 unspecified atom stereocenters. The van der Waals surface area contributed by atoms with E-state index >= 15 is 0 Å². The number of hydrogen-bond acceptors (Lipinski definition) is 4. The summed E-state index contributed by atoms with van der Waals surface area (Å²) in [5, 5.41) is 5.71. The third-order valence-electron chi connectivity index (χ3n) is 4.21. The van der Waals surface area contributed by atoms with Gasteiger partial charge < -0.3 is 15.4 Å². The predicted molar refractivity (Wildman–Crippen MR) is 100 cm³/mol. The topological polar surface area (TPSA) is 80.3 Å². The highest BCUT2D eigenvalue weighted by atomic mass is 16.5. The molecule has 0 saturated heterocycles. The Labute approximate surface area is 153 Å². The van der Waals surface area contributed by atoms with Crippen molar-refractivity contribution in [2.45, 2.75) is 33.6 Å². The van der Waals surface area contributed by atoms with Gasteiger partial charge in [0.2, 0.25) is 5.91 Å². The first-order valence-corrected chi connectivity index (χ1v) is 8.71. The van der Waals surface area contributed by atoms with E-state index in [9.17, 15) is 9.59 Å². The molecule has 2 amide bonds. The summed E-state index contributed by atoms with van der Waals surface area (Å²) in [6.45, 7) is 5.60. The van der Waals surface area contributed by atoms with Crippen LogP contribution < -0.4 is 15.4 Å². The molecule has 1 fully saturated rings. The molecule has 3 rings (SSSR count). The Kier molecular flexibility index (Phi) is 5.21. The van der Waals surface area contributed by atoms with Gasteiger partial charge in [0.15, 0.2) is 6.61 Å². The van der Waals surface area contributed by atoms with Crippen LogP contribution in [0.3, 0.4) is 0 Å². The molecule has 2 aromatic rings. The van der Waals surface area contributed by atoms with Crippen molar-refractivity contribution in [3.05, 3.63) is 47.3 Å². The standard InChI is InChI=1S/C20H23N3O3/c1-12-9-13(2)21-14(3)19(12)23-18(24)11-26-17-6-4-5-16(10-17)22-20(25)15-7-8-15/h4-6,9-10,15H,7-8,11H2,1-3H3,(H,22,25)(H,23,24). The van der Waals surface area contributed by atoms with E-state index in [1.54, 1.807) is 24.3 Å². The normalized spacial score (nSPS) is 13.2. The van der Waals surface area contributed by atoms with E-state index in [-0.39, 0.29) is 24.3 Å². The van der Waals surface area contributed by atoms with Crippen molar-refractivity contribution < 1.29 is 14.3 Å². The van der Waals surface area contributed by atoms with Crippen molar-refractivity contribution in [2.75, 3.05) is 17.2 Å². The molecule has 26 heavy (non-hydrogen) atoms. The van der Waals surface area contributed by atoms with Gasteiger partial charge in [0.05, 0.1) is 11.4 Å². The summed E-state index contributed by atoms with van der Waals surface area (Å²) >= 11 is 0. The molecular formula is C20H23N3O3. The molecule has 1 aromatic carbocycles. The Balaban J connectivity index is 1.57. The van der Waals surface area contributed by atoms with Gasteiger partial charge in [0, 0.05) is 23.4 Å². The first-order chi connectivity index (χ1) is 12.4. The molecule has 0 radical (unpaired) electrons. The molecule has 1 aliphatic rings. The van der Waals surface area contributed by atoms with Crippen LogP contribution in [0.15, 0.2) is 30.3 Å². The molecule has 1 heterocycles. The van der Waals surface area contributed by atoms with Crippen molar-refractivity contribution in [1.82, 2.24) is 4.98 Å². The van der Waals surface area contributed by atoms with Gasteiger partial charge in [0.25, 0.3) is 5.91 Å². The average molecular weight is 353 g/mol. The Morgan fingerprint density at radius 2 is 1.92 bits per heavy atom. The minimum atomic E-state index is -0.255. The number of pyridine rings is 1. The van der Waals surface area contributed by atoms with Gasteiger partial charge in [-0.1, -0.05) is 6.07 Å². The molecule has 1 aliphatic carbocycles. The predicted octanol–water partition coefficient (Wildman–Crippen LogP) is 3.37. The van der Waals surface area contributed by atoms with Crippen LogP contribution in [-0.2, 0) is 9.59 Å². The second-order valence-corrected chi connectivity index (χ2v) is 6.67. The fourth-order valence-electron chi connectivity index (χ4n) is 2.79. The number of anilines is 2. The van der Waals surface area contributed by atoms with Gasteiger partial charge >= 0.3 is 0 Å². The molecule has 1 saturated carbocycles. The molecule has 6 nitrogen and oxygen atoms in total. The van der Waals surface area contributed by atoms with E-state index < -0.39 is 0 Å². The molecule has 0 atom stereocenters. The van der Waals surface area contributed by atoms with E-state index in [0.717, 1.165) is 35.5 Å². The van der Waals surface area contributed by atoms with Crippen LogP contribution in [0.5, 0.6) is 5.75 Å². The summed E-state index contributed by atoms with van der Waals surface area (Å²) in [7, 11) is 0. The number of amides is 2. The maximum atomic E-state index is 12.2. The Morgan fingerprint density at radius 3 is 2.62 bits per heavy atom. The zero-order valence-electron chi connectivity index (χ0n) is 15.3. The average Bonchev–Trinajstić information content (AvgIpc) is 3.41. The maximum absolute atomic E-state index is 12.2. The van der Waals surface area contributed by atoms with E-state index in [4.69, 9.17) is 4.74 Å². The fourth-order valence-corrected chi connectivity index (χ4v) is 2.79. The first-order valence-electron chi connectivity index (χ1n) is 8.71. The van der Waals surface area contributed by atoms with Crippen LogP contribution in [0.4, 0.5) is 11.4 Å². The maximum Gasteiger partial charge on any atom is 0.262 e. The third-order valence-corrected chi connectivity index (χ3v) is 4.21. The summed E-state index contributed by atoms with van der Waals surface area (Å²) in [5.74, 6) is 0.455. The summed E-state index contributed by atoms with van der Waals surface area (Å²) < 4.78 is 5.56. The number of nitrogens with one attached hydrogen (secondary N) is 2. The molecule has 0 aliphatic heterocycles. The minimum absolute atomic E-state index is 0.0396. The summed E-state index contributed by atoms with van der Waals surface area (Å²) in [5.41, 5.74) is 4.05. The van der Waals surface area contributed by atoms with Gasteiger partial charge in [0.1, 0.15) is 5.75 Å². The third kappa shape index (κ3) is 4.59. The van der Waals surface area contributed by atoms with Crippen LogP contribution in [-0.4, -0.2) is 23.4 Å². The van der Waals surface area contributed by atoms with Crippen LogP contribution in [0, 0.1) is 26.7 Å². The van der Waals surface area contributed by atoms with Gasteiger partial charge in [-0.3, -0.25) is 14.6 Å². The number of aromatic nitrogens is 1. The second-order valence-electron chi connectivity index (χ2n) is 6.67. The van der Waals surface area contributed by atoms with Gasteiger partial charge in [-0.25, -0.2) is 0 Å². The van der Waals surface area contributed by atoms with E-state index in [0.29, 0.717) is 11.4 Å². The highest BCUT2D eigenvalue weighted by molar-refractivity contribution is 5.94. The number of ether oxygens (including phenoxy) is 1. The summed E-state index contributed by atoms with van der Waals surface area (Å²) in [6, 6.07) is 8.99. The minimum Gasteiger partial charge on any atom is -0.484 e. The quantitative estimate of drug-likeness (QED) is 0.834. The number of aryl methyl sites for hydroxylation is 3. The van der Waals surface area contributed by atoms with Gasteiger partial charge in [-0.15, -0.1) is 0 Å². The van der Waals surface area contributed by atoms with E-state index in [1.165, 1.54) is 0 Å². The van der Waals surface area contributed by atoms with Crippen molar-refractivity contribution >= 4 is 23.2 Å². The van der Waals surface area contributed by atoms with Crippen molar-refractivity contribution in [2.24, 2.45) is 5.92 Å². The molecule has 0 bridgehead atoms. The number of rotatable bonds is 6. The highest BCUT2D eigenvalue weighted by Crippen LogP contribution is 2.30. The van der Waals surface area contributed by atoms with Crippen molar-refractivity contribution in [3.63, 3.8) is 0 Å². The van der Waals surface area contributed by atoms with Gasteiger partial charge in [-0.2, -0.15) is 0 Å². The van der Waals surface area contributed by atoms with Crippen molar-refractivity contribution in [3.8, 4) is 5.75 Å². The van der Waals surface area contributed by atoms with Crippen LogP contribution in [0.25, 0.3) is 0 Å². The lowest BCUT2D eigenvalue weighted by Crippen LogP contribution is -2.21. The van der Waals surface area contributed by atoms with Crippen molar-refractivity contribution in [1.29, 1.82) is 0 Å². The number of carbonyl (C=O) groups is 2.